The summed E-state index contributed by atoms with van der Waals surface area (Å²) < 4.78 is 10.4. The molecule has 0 aliphatic rings. The second kappa shape index (κ2) is 9.05. The lowest BCUT2D eigenvalue weighted by atomic mass is 10.2. The maximum atomic E-state index is 11.8. The molecule has 0 saturated heterocycles. The van der Waals surface area contributed by atoms with Gasteiger partial charge in [0.25, 0.3) is 0 Å². The molecule has 7 heteroatoms. The predicted octanol–water partition coefficient (Wildman–Crippen LogP) is 3.01. The van der Waals surface area contributed by atoms with Crippen LogP contribution < -0.4 is 15.8 Å². The fourth-order valence-electron chi connectivity index (χ4n) is 1.80. The number of carbonyl (C=O) groups excluding carboxylic acids is 1. The summed E-state index contributed by atoms with van der Waals surface area (Å²) in [6, 6.07) is 19.6. The molecule has 0 atom stereocenters. The summed E-state index contributed by atoms with van der Waals surface area (Å²) in [5.41, 5.74) is 6.50. The van der Waals surface area contributed by atoms with Crippen LogP contribution in [-0.4, -0.2) is 11.1 Å². The van der Waals surface area contributed by atoms with E-state index in [0.717, 1.165) is 5.56 Å². The van der Waals surface area contributed by atoms with Gasteiger partial charge < -0.3 is 15.2 Å². The largest absolute Gasteiger partial charge is 0.473 e. The van der Waals surface area contributed by atoms with Gasteiger partial charge in [-0.15, -0.1) is 0 Å². The highest BCUT2D eigenvalue weighted by Crippen LogP contribution is 2.10. The Morgan fingerprint density at radius 2 is 1.72 bits per heavy atom. The van der Waals surface area contributed by atoms with Crippen LogP contribution in [0.1, 0.15) is 5.56 Å². The van der Waals surface area contributed by atoms with E-state index in [4.69, 9.17) is 27.4 Å². The maximum Gasteiger partial charge on any atom is 0.417 e. The number of carbonyl (C=O) groups is 1. The molecule has 1 amide bonds. The van der Waals surface area contributed by atoms with E-state index >= 15 is 0 Å². The first kappa shape index (κ1) is 18.0. The third-order valence-corrected chi connectivity index (χ3v) is 3.30. The number of rotatable bonds is 5. The van der Waals surface area contributed by atoms with Crippen LogP contribution in [0, 0.1) is 11.3 Å². The average Bonchev–Trinajstić information content (AvgIpc) is 2.62. The van der Waals surface area contributed by atoms with E-state index in [1.165, 1.54) is 0 Å². The maximum absolute atomic E-state index is 11.8. The number of nitriles is 1. The molecule has 0 aliphatic heterocycles. The normalized spacial score (nSPS) is 10.8. The lowest BCUT2D eigenvalue weighted by molar-refractivity contribution is 0.194. The Morgan fingerprint density at radius 1 is 1.12 bits per heavy atom. The minimum atomic E-state index is -0.820. The Balaban J connectivity index is 1.97. The summed E-state index contributed by atoms with van der Waals surface area (Å²) in [4.78, 5) is 11.6. The number of hydrogen-bond donors (Lipinski definition) is 2. The van der Waals surface area contributed by atoms with Crippen LogP contribution in [0.25, 0.3) is 0 Å². The Bertz CT molecular complexity index is 814. The molecule has 2 rings (SSSR count). The first-order chi connectivity index (χ1) is 12.1. The molecule has 0 radical (unpaired) electrons. The number of nitrogens with two attached hydrogens (primary N) is 1. The highest BCUT2D eigenvalue weighted by molar-refractivity contribution is 7.80. The number of thiocarbonyl (C=S) groups is 1. The Morgan fingerprint density at radius 3 is 2.32 bits per heavy atom. The zero-order chi connectivity index (χ0) is 18.1. The Labute approximate surface area is 150 Å². The number of amides is 1. The molecule has 0 aromatic heterocycles. The van der Waals surface area contributed by atoms with Crippen molar-refractivity contribution in [3.8, 4) is 11.8 Å². The molecule has 0 saturated carbocycles. The molecule has 0 spiro atoms. The molecule has 0 unspecified atom stereocenters. The van der Waals surface area contributed by atoms with E-state index in [-0.39, 0.29) is 23.1 Å². The third-order valence-electron chi connectivity index (χ3n) is 2.99. The lowest BCUT2D eigenvalue weighted by Crippen LogP contribution is -2.33. The molecule has 6 nitrogen and oxygen atoms in total. The number of para-hydroxylation sites is 1. The van der Waals surface area contributed by atoms with Crippen molar-refractivity contribution in [2.24, 2.45) is 5.73 Å². The minimum Gasteiger partial charge on any atom is -0.473 e. The molecular formula is C18H15N3O3S. The Hall–Kier alpha value is -3.37. The van der Waals surface area contributed by atoms with E-state index in [9.17, 15) is 10.1 Å². The van der Waals surface area contributed by atoms with Crippen molar-refractivity contribution in [1.82, 2.24) is 5.32 Å². The quantitative estimate of drug-likeness (QED) is 0.371. The third kappa shape index (κ3) is 5.64. The van der Waals surface area contributed by atoms with Crippen molar-refractivity contribution < 1.29 is 14.3 Å². The van der Waals surface area contributed by atoms with E-state index < -0.39 is 6.09 Å². The van der Waals surface area contributed by atoms with Gasteiger partial charge in [0.05, 0.1) is 0 Å². The van der Waals surface area contributed by atoms with Crippen LogP contribution in [-0.2, 0) is 11.3 Å². The molecule has 2 aromatic carbocycles. The summed E-state index contributed by atoms with van der Waals surface area (Å²) >= 11 is 5.02. The van der Waals surface area contributed by atoms with Crippen LogP contribution in [0.15, 0.2) is 72.1 Å². The first-order valence-corrected chi connectivity index (χ1v) is 7.65. The van der Waals surface area contributed by atoms with Crippen molar-refractivity contribution in [3.05, 3.63) is 77.7 Å². The van der Waals surface area contributed by atoms with Crippen LogP contribution in [0.2, 0.25) is 0 Å². The van der Waals surface area contributed by atoms with E-state index in [0.29, 0.717) is 5.75 Å². The number of hydrogen-bond acceptors (Lipinski definition) is 6. The van der Waals surface area contributed by atoms with Gasteiger partial charge in [-0.3, -0.25) is 5.32 Å². The molecule has 126 valence electrons. The molecule has 25 heavy (non-hydrogen) atoms. The van der Waals surface area contributed by atoms with Gasteiger partial charge in [-0.2, -0.15) is 5.26 Å². The number of nitrogens with one attached hydrogen (secondary N) is 1. The topological polar surface area (TPSA) is 97.4 Å². The molecule has 0 aliphatic carbocycles. The summed E-state index contributed by atoms with van der Waals surface area (Å²) in [6.45, 7) is 0.176. The fraction of sp³-hybridized carbons (Fsp3) is 0.0556. The first-order valence-electron chi connectivity index (χ1n) is 7.25. The minimum absolute atomic E-state index is 0.143. The smallest absolute Gasteiger partial charge is 0.417 e. The number of benzene rings is 2. The average molecular weight is 353 g/mol. The van der Waals surface area contributed by atoms with Crippen molar-refractivity contribution >= 4 is 23.3 Å². The number of ether oxygens (including phenoxy) is 2. The van der Waals surface area contributed by atoms with Gasteiger partial charge in [-0.25, -0.2) is 4.79 Å². The summed E-state index contributed by atoms with van der Waals surface area (Å²) in [5, 5.41) is 11.5. The molecule has 2 aromatic rings. The highest BCUT2D eigenvalue weighted by Gasteiger charge is 2.15. The van der Waals surface area contributed by atoms with Crippen molar-refractivity contribution in [2.75, 3.05) is 0 Å². The van der Waals surface area contributed by atoms with Crippen molar-refractivity contribution in [3.63, 3.8) is 0 Å². The van der Waals surface area contributed by atoms with E-state index in [1.807, 2.05) is 36.4 Å². The van der Waals surface area contributed by atoms with Gasteiger partial charge in [0.1, 0.15) is 29.0 Å². The predicted molar refractivity (Wildman–Crippen MR) is 96.3 cm³/mol. The standard InChI is InChI=1S/C18H15N3O3S/c19-11-15(16(20)23-12-13-7-3-1-4-8-13)17(25)21-18(22)24-14-9-5-2-6-10-14/h1-10H,12,20H2,(H,21,22,25)/b16-15+. The van der Waals surface area contributed by atoms with Gasteiger partial charge in [0.2, 0.25) is 5.88 Å². The zero-order valence-corrected chi connectivity index (χ0v) is 14.0. The van der Waals surface area contributed by atoms with Crippen LogP contribution in [0.3, 0.4) is 0 Å². The molecule has 3 N–H and O–H groups in total. The molecule has 0 fully saturated rings. The van der Waals surface area contributed by atoms with Crippen LogP contribution in [0.4, 0.5) is 4.79 Å². The highest BCUT2D eigenvalue weighted by atomic mass is 32.1. The summed E-state index contributed by atoms with van der Waals surface area (Å²) in [7, 11) is 0. The Kier molecular flexibility index (Phi) is 6.51. The van der Waals surface area contributed by atoms with Gasteiger partial charge in [0, 0.05) is 0 Å². The number of nitrogens with zero attached hydrogens (tertiary/aromatic N) is 1. The van der Waals surface area contributed by atoms with Crippen LogP contribution >= 0.6 is 12.2 Å². The van der Waals surface area contributed by atoms with Crippen LogP contribution in [0.5, 0.6) is 5.75 Å². The summed E-state index contributed by atoms with van der Waals surface area (Å²) in [6.07, 6.45) is -0.820. The van der Waals surface area contributed by atoms with E-state index in [1.54, 1.807) is 30.3 Å². The fourth-order valence-corrected chi connectivity index (χ4v) is 2.03. The monoisotopic (exact) mass is 353 g/mol. The van der Waals surface area contributed by atoms with Gasteiger partial charge in [-0.1, -0.05) is 60.7 Å². The second-order valence-corrected chi connectivity index (χ2v) is 5.19. The SMILES string of the molecule is N#C/C(C(=S)NC(=O)Oc1ccccc1)=C(/N)OCc1ccccc1. The zero-order valence-electron chi connectivity index (χ0n) is 13.1. The molecular weight excluding hydrogens is 338 g/mol. The van der Waals surface area contributed by atoms with Gasteiger partial charge >= 0.3 is 6.09 Å². The summed E-state index contributed by atoms with van der Waals surface area (Å²) in [5.74, 6) is 0.176. The van der Waals surface area contributed by atoms with Crippen molar-refractivity contribution in [1.29, 1.82) is 5.26 Å². The van der Waals surface area contributed by atoms with Crippen molar-refractivity contribution in [2.45, 2.75) is 6.61 Å². The lowest BCUT2D eigenvalue weighted by Gasteiger charge is -2.10. The van der Waals surface area contributed by atoms with Gasteiger partial charge in [0.15, 0.2) is 0 Å². The van der Waals surface area contributed by atoms with Gasteiger partial charge in [-0.05, 0) is 17.7 Å². The molecule has 0 heterocycles. The van der Waals surface area contributed by atoms with E-state index in [2.05, 4.69) is 5.32 Å². The second-order valence-electron chi connectivity index (χ2n) is 4.78. The molecule has 0 bridgehead atoms.